The summed E-state index contributed by atoms with van der Waals surface area (Å²) < 4.78 is 25.0. The highest BCUT2D eigenvalue weighted by atomic mass is 32.2. The average Bonchev–Trinajstić information content (AvgIpc) is 3.10. The van der Waals surface area contributed by atoms with Gasteiger partial charge in [-0.15, -0.1) is 6.58 Å². The van der Waals surface area contributed by atoms with Gasteiger partial charge in [0.25, 0.3) is 5.91 Å². The minimum Gasteiger partial charge on any atom is -0.316 e. The van der Waals surface area contributed by atoms with Crippen LogP contribution in [0.5, 0.6) is 0 Å². The lowest BCUT2D eigenvalue weighted by atomic mass is 10.2. The van der Waals surface area contributed by atoms with Crippen LogP contribution >= 0.6 is 0 Å². The monoisotopic (exact) mass is 246 g/mol. The first-order valence-electron chi connectivity index (χ1n) is 5.06. The molecule has 16 heavy (non-hydrogen) atoms. The first kappa shape index (κ1) is 11.6. The number of hydrogen-bond donors (Lipinski definition) is 3. The standard InChI is InChI=1S/C9H14N2O4S/c1-2-6-5-9(6,11-13)8(12)10-16(14,15)7-3-4-7/h2,6-7,11,13H,1,3-5H2,(H,10,12)/t6-,9-/m1/s1. The molecule has 0 aromatic rings. The molecule has 2 rings (SSSR count). The Bertz CT molecular complexity index is 429. The molecule has 0 aromatic heterocycles. The van der Waals surface area contributed by atoms with Crippen LogP contribution in [-0.4, -0.2) is 30.3 Å². The Morgan fingerprint density at radius 3 is 2.50 bits per heavy atom. The predicted molar refractivity (Wildman–Crippen MR) is 56.0 cm³/mol. The maximum Gasteiger partial charge on any atom is 0.256 e. The van der Waals surface area contributed by atoms with Crippen LogP contribution in [0.3, 0.4) is 0 Å². The van der Waals surface area contributed by atoms with E-state index in [2.05, 4.69) is 6.58 Å². The van der Waals surface area contributed by atoms with Gasteiger partial charge in [-0.1, -0.05) is 6.08 Å². The smallest absolute Gasteiger partial charge is 0.256 e. The molecule has 0 saturated heterocycles. The normalized spacial score (nSPS) is 33.2. The van der Waals surface area contributed by atoms with Crippen molar-refractivity contribution in [2.45, 2.75) is 30.1 Å². The summed E-state index contributed by atoms with van der Waals surface area (Å²) in [7, 11) is -3.56. The van der Waals surface area contributed by atoms with Crippen LogP contribution in [0, 0.1) is 5.92 Å². The number of rotatable bonds is 5. The van der Waals surface area contributed by atoms with Crippen molar-refractivity contribution >= 4 is 15.9 Å². The van der Waals surface area contributed by atoms with Gasteiger partial charge in [-0.3, -0.25) is 9.52 Å². The number of carbonyl (C=O) groups is 1. The zero-order chi connectivity index (χ0) is 12.0. The molecule has 2 aliphatic carbocycles. The van der Waals surface area contributed by atoms with Gasteiger partial charge in [-0.2, -0.15) is 5.48 Å². The molecule has 2 saturated carbocycles. The quantitative estimate of drug-likeness (QED) is 0.450. The number of amides is 1. The number of hydrogen-bond acceptors (Lipinski definition) is 5. The fourth-order valence-electron chi connectivity index (χ4n) is 1.69. The van der Waals surface area contributed by atoms with Crippen LogP contribution < -0.4 is 10.2 Å². The van der Waals surface area contributed by atoms with Crippen molar-refractivity contribution in [2.75, 3.05) is 0 Å². The lowest BCUT2D eigenvalue weighted by Gasteiger charge is -2.14. The lowest BCUT2D eigenvalue weighted by molar-refractivity contribution is -0.125. The summed E-state index contributed by atoms with van der Waals surface area (Å²) in [6, 6.07) is 0. The fourth-order valence-corrected chi connectivity index (χ4v) is 3.06. The number of carbonyl (C=O) groups excluding carboxylic acids is 1. The molecule has 90 valence electrons. The summed E-state index contributed by atoms with van der Waals surface area (Å²) in [4.78, 5) is 11.7. The molecule has 0 bridgehead atoms. The number of sulfonamides is 1. The van der Waals surface area contributed by atoms with Crippen molar-refractivity contribution in [1.82, 2.24) is 10.2 Å². The van der Waals surface area contributed by atoms with Gasteiger partial charge >= 0.3 is 0 Å². The lowest BCUT2D eigenvalue weighted by Crippen LogP contribution is -2.49. The van der Waals surface area contributed by atoms with Gasteiger partial charge in [-0.25, -0.2) is 8.42 Å². The maximum atomic E-state index is 11.7. The van der Waals surface area contributed by atoms with Gasteiger partial charge in [0, 0.05) is 5.92 Å². The van der Waals surface area contributed by atoms with Crippen LogP contribution in [0.2, 0.25) is 0 Å². The van der Waals surface area contributed by atoms with Crippen LogP contribution in [0.25, 0.3) is 0 Å². The Morgan fingerprint density at radius 2 is 2.12 bits per heavy atom. The van der Waals surface area contributed by atoms with Crippen molar-refractivity contribution in [3.05, 3.63) is 12.7 Å². The SMILES string of the molecule is C=C[C@@H]1C[C@]1(NO)C(=O)NS(=O)(=O)C1CC1. The van der Waals surface area contributed by atoms with Gasteiger partial charge < -0.3 is 5.21 Å². The van der Waals surface area contributed by atoms with E-state index >= 15 is 0 Å². The summed E-state index contributed by atoms with van der Waals surface area (Å²) in [5.41, 5.74) is 0.683. The van der Waals surface area contributed by atoms with Crippen molar-refractivity contribution in [1.29, 1.82) is 0 Å². The van der Waals surface area contributed by atoms with Gasteiger partial charge in [0.2, 0.25) is 10.0 Å². The highest BCUT2D eigenvalue weighted by molar-refractivity contribution is 7.90. The second-order valence-electron chi connectivity index (χ2n) is 4.31. The first-order valence-corrected chi connectivity index (χ1v) is 6.61. The van der Waals surface area contributed by atoms with Crippen molar-refractivity contribution in [3.8, 4) is 0 Å². The zero-order valence-electron chi connectivity index (χ0n) is 8.64. The number of nitrogens with one attached hydrogen (secondary N) is 2. The Balaban J connectivity index is 2.06. The van der Waals surface area contributed by atoms with E-state index < -0.39 is 26.7 Å². The topological polar surface area (TPSA) is 95.5 Å². The zero-order valence-corrected chi connectivity index (χ0v) is 9.46. The molecule has 0 aliphatic heterocycles. The minimum atomic E-state index is -3.56. The molecule has 2 atom stereocenters. The van der Waals surface area contributed by atoms with E-state index in [0.29, 0.717) is 19.3 Å². The summed E-state index contributed by atoms with van der Waals surface area (Å²) in [5, 5.41) is 8.48. The van der Waals surface area contributed by atoms with E-state index in [4.69, 9.17) is 5.21 Å². The van der Waals surface area contributed by atoms with E-state index in [-0.39, 0.29) is 5.92 Å². The predicted octanol–water partition coefficient (Wildman–Crippen LogP) is -0.482. The Kier molecular flexibility index (Phi) is 2.56. The Morgan fingerprint density at radius 1 is 1.50 bits per heavy atom. The third-order valence-electron chi connectivity index (χ3n) is 3.10. The molecule has 6 nitrogen and oxygen atoms in total. The van der Waals surface area contributed by atoms with E-state index in [1.54, 1.807) is 0 Å². The molecule has 0 spiro atoms. The maximum absolute atomic E-state index is 11.7. The summed E-state index contributed by atoms with van der Waals surface area (Å²) in [6.07, 6.45) is 3.06. The Labute approximate surface area is 93.7 Å². The molecule has 0 radical (unpaired) electrons. The van der Waals surface area contributed by atoms with E-state index in [1.165, 1.54) is 6.08 Å². The molecular formula is C9H14N2O4S. The van der Waals surface area contributed by atoms with Crippen molar-refractivity contribution in [2.24, 2.45) is 5.92 Å². The van der Waals surface area contributed by atoms with E-state index in [1.807, 2.05) is 10.2 Å². The number of hydroxylamine groups is 1. The van der Waals surface area contributed by atoms with Crippen molar-refractivity contribution < 1.29 is 18.4 Å². The van der Waals surface area contributed by atoms with Crippen LogP contribution in [0.4, 0.5) is 0 Å². The second-order valence-corrected chi connectivity index (χ2v) is 6.27. The van der Waals surface area contributed by atoms with Gasteiger partial charge in [-0.05, 0) is 19.3 Å². The van der Waals surface area contributed by atoms with E-state index in [9.17, 15) is 13.2 Å². The molecular weight excluding hydrogens is 232 g/mol. The summed E-state index contributed by atoms with van der Waals surface area (Å²) in [5.74, 6) is -0.932. The highest BCUT2D eigenvalue weighted by Gasteiger charge is 2.60. The second kappa shape index (κ2) is 3.54. The highest BCUT2D eigenvalue weighted by Crippen LogP contribution is 2.44. The summed E-state index contributed by atoms with van der Waals surface area (Å²) >= 11 is 0. The van der Waals surface area contributed by atoms with Gasteiger partial charge in [0.15, 0.2) is 0 Å². The fraction of sp³-hybridized carbons (Fsp3) is 0.667. The Hall–Kier alpha value is -0.920. The molecule has 7 heteroatoms. The first-order chi connectivity index (χ1) is 7.46. The molecule has 0 aromatic carbocycles. The summed E-state index contributed by atoms with van der Waals surface area (Å²) in [6.45, 7) is 3.51. The molecule has 2 fully saturated rings. The largest absolute Gasteiger partial charge is 0.316 e. The van der Waals surface area contributed by atoms with Gasteiger partial charge in [0.05, 0.1) is 5.25 Å². The molecule has 1 amide bonds. The van der Waals surface area contributed by atoms with Crippen LogP contribution in [0.1, 0.15) is 19.3 Å². The van der Waals surface area contributed by atoms with E-state index in [0.717, 1.165) is 0 Å². The third kappa shape index (κ3) is 1.74. The van der Waals surface area contributed by atoms with Crippen LogP contribution in [-0.2, 0) is 14.8 Å². The average molecular weight is 246 g/mol. The molecule has 2 aliphatic rings. The third-order valence-corrected chi connectivity index (χ3v) is 4.92. The molecule has 3 N–H and O–H groups in total. The minimum absolute atomic E-state index is 0.230. The van der Waals surface area contributed by atoms with Crippen LogP contribution in [0.15, 0.2) is 12.7 Å². The van der Waals surface area contributed by atoms with Crippen molar-refractivity contribution in [3.63, 3.8) is 0 Å². The van der Waals surface area contributed by atoms with Gasteiger partial charge in [0.1, 0.15) is 5.54 Å². The molecule has 0 heterocycles. The molecule has 0 unspecified atom stereocenters.